The zero-order valence-corrected chi connectivity index (χ0v) is 14.9. The first kappa shape index (κ1) is 18.6. The molecule has 0 spiro atoms. The summed E-state index contributed by atoms with van der Waals surface area (Å²) in [7, 11) is 0. The molecule has 0 saturated heterocycles. The summed E-state index contributed by atoms with van der Waals surface area (Å²) in [6.45, 7) is 2.35. The van der Waals surface area contributed by atoms with Gasteiger partial charge in [-0.3, -0.25) is 4.79 Å². The molecule has 1 aromatic rings. The van der Waals surface area contributed by atoms with E-state index in [0.717, 1.165) is 29.0 Å². The molecule has 4 nitrogen and oxygen atoms in total. The summed E-state index contributed by atoms with van der Waals surface area (Å²) in [5, 5.41) is 9.18. The van der Waals surface area contributed by atoms with Gasteiger partial charge in [0.15, 0.2) is 5.78 Å². The third-order valence-corrected chi connectivity index (χ3v) is 5.66. The summed E-state index contributed by atoms with van der Waals surface area (Å²) in [5.74, 6) is 0.162. The number of nitrogens with two attached hydrogens (primary N) is 1. The highest BCUT2D eigenvalue weighted by Crippen LogP contribution is 2.23. The number of rotatable bonds is 9. The minimum Gasteiger partial charge on any atom is -0.394 e. The van der Waals surface area contributed by atoms with Crippen LogP contribution in [0.4, 0.5) is 0 Å². The lowest BCUT2D eigenvalue weighted by molar-refractivity contribution is 0.0273. The number of carbonyl (C=O) groups is 1. The van der Waals surface area contributed by atoms with E-state index in [9.17, 15) is 9.90 Å². The molecule has 5 heteroatoms. The van der Waals surface area contributed by atoms with E-state index in [1.54, 1.807) is 0 Å². The summed E-state index contributed by atoms with van der Waals surface area (Å²) in [5.41, 5.74) is 5.38. The maximum atomic E-state index is 12.2. The fraction of sp³-hybridized carbons (Fsp3) is 0.722. The molecule has 1 aromatic heterocycles. The third-order valence-electron chi connectivity index (χ3n) is 4.48. The van der Waals surface area contributed by atoms with Crippen LogP contribution in [0, 0.1) is 0 Å². The van der Waals surface area contributed by atoms with Crippen molar-refractivity contribution in [1.82, 2.24) is 0 Å². The van der Waals surface area contributed by atoms with E-state index in [1.165, 1.54) is 30.6 Å². The molecule has 1 heterocycles. The average molecular weight is 340 g/mol. The molecule has 0 amide bonds. The van der Waals surface area contributed by atoms with Crippen molar-refractivity contribution in [2.45, 2.75) is 69.9 Å². The molecule has 3 N–H and O–H groups in total. The Kier molecular flexibility index (Phi) is 7.21. The Morgan fingerprint density at radius 3 is 2.83 bits per heavy atom. The van der Waals surface area contributed by atoms with Crippen molar-refractivity contribution in [2.75, 3.05) is 13.2 Å². The quantitative estimate of drug-likeness (QED) is 0.677. The SMILES string of the molecule is CC(N)(CO)CCc1ccc(C(=O)CCOC2CCCCC2)s1. The van der Waals surface area contributed by atoms with Crippen LogP contribution in [-0.4, -0.2) is 35.7 Å². The predicted octanol–water partition coefficient (Wildman–Crippen LogP) is 3.31. The Morgan fingerprint density at radius 1 is 1.39 bits per heavy atom. The molecule has 23 heavy (non-hydrogen) atoms. The Labute approximate surface area is 143 Å². The van der Waals surface area contributed by atoms with Gasteiger partial charge in [-0.15, -0.1) is 11.3 Å². The normalized spacial score (nSPS) is 18.7. The molecule has 0 aromatic carbocycles. The minimum atomic E-state index is -0.554. The molecule has 0 radical (unpaired) electrons. The number of hydrogen-bond acceptors (Lipinski definition) is 5. The summed E-state index contributed by atoms with van der Waals surface area (Å²) in [4.78, 5) is 14.2. The number of aliphatic hydroxyl groups is 1. The van der Waals surface area contributed by atoms with Crippen molar-refractivity contribution in [3.05, 3.63) is 21.9 Å². The Hall–Kier alpha value is -0.750. The van der Waals surface area contributed by atoms with E-state index < -0.39 is 5.54 Å². The van der Waals surface area contributed by atoms with Crippen LogP contribution >= 0.6 is 11.3 Å². The van der Waals surface area contributed by atoms with Gasteiger partial charge in [0.25, 0.3) is 0 Å². The van der Waals surface area contributed by atoms with Gasteiger partial charge < -0.3 is 15.6 Å². The van der Waals surface area contributed by atoms with Gasteiger partial charge in [0.2, 0.25) is 0 Å². The van der Waals surface area contributed by atoms with Crippen molar-refractivity contribution in [2.24, 2.45) is 5.73 Å². The predicted molar refractivity (Wildman–Crippen MR) is 94.1 cm³/mol. The van der Waals surface area contributed by atoms with Gasteiger partial charge in [-0.05, 0) is 44.7 Å². The number of Topliss-reactive ketones (excluding diaryl/α,β-unsaturated/α-hetero) is 1. The number of aryl methyl sites for hydroxylation is 1. The summed E-state index contributed by atoms with van der Waals surface area (Å²) >= 11 is 1.54. The highest BCUT2D eigenvalue weighted by Gasteiger charge is 2.18. The summed E-state index contributed by atoms with van der Waals surface area (Å²) in [6, 6.07) is 3.89. The second-order valence-electron chi connectivity index (χ2n) is 6.88. The van der Waals surface area contributed by atoms with Crippen molar-refractivity contribution < 1.29 is 14.6 Å². The van der Waals surface area contributed by atoms with Crippen LogP contribution in [0.3, 0.4) is 0 Å². The Balaban J connectivity index is 1.72. The van der Waals surface area contributed by atoms with Gasteiger partial charge >= 0.3 is 0 Å². The van der Waals surface area contributed by atoms with Crippen LogP contribution in [0.5, 0.6) is 0 Å². The Morgan fingerprint density at radius 2 is 2.13 bits per heavy atom. The molecular weight excluding hydrogens is 310 g/mol. The zero-order valence-electron chi connectivity index (χ0n) is 14.1. The minimum absolute atomic E-state index is 0.0251. The first-order chi connectivity index (χ1) is 11.0. The van der Waals surface area contributed by atoms with E-state index in [-0.39, 0.29) is 12.4 Å². The van der Waals surface area contributed by atoms with Gasteiger partial charge in [-0.25, -0.2) is 0 Å². The topological polar surface area (TPSA) is 72.5 Å². The fourth-order valence-corrected chi connectivity index (χ4v) is 3.80. The number of ketones is 1. The summed E-state index contributed by atoms with van der Waals surface area (Å²) in [6.07, 6.45) is 8.42. The molecular formula is C18H29NO3S. The smallest absolute Gasteiger partial charge is 0.175 e. The van der Waals surface area contributed by atoms with E-state index in [0.29, 0.717) is 25.6 Å². The van der Waals surface area contributed by atoms with Crippen molar-refractivity contribution in [3.8, 4) is 0 Å². The van der Waals surface area contributed by atoms with Gasteiger partial charge in [-0.1, -0.05) is 19.3 Å². The molecule has 1 aliphatic carbocycles. The van der Waals surface area contributed by atoms with Crippen LogP contribution in [0.15, 0.2) is 12.1 Å². The number of carbonyl (C=O) groups excluding carboxylic acids is 1. The molecule has 2 rings (SSSR count). The third kappa shape index (κ3) is 6.34. The van der Waals surface area contributed by atoms with Gasteiger partial charge in [-0.2, -0.15) is 0 Å². The van der Waals surface area contributed by atoms with Gasteiger partial charge in [0.05, 0.1) is 24.2 Å². The zero-order chi connectivity index (χ0) is 16.7. The standard InChI is InChI=1S/C18H29NO3S/c1-18(19,13-20)11-9-15-7-8-17(23-15)16(21)10-12-22-14-5-3-2-4-6-14/h7-8,14,20H,2-6,9-13,19H2,1H3. The number of hydrogen-bond donors (Lipinski definition) is 2. The fourth-order valence-electron chi connectivity index (χ4n) is 2.82. The maximum Gasteiger partial charge on any atom is 0.175 e. The largest absolute Gasteiger partial charge is 0.394 e. The van der Waals surface area contributed by atoms with E-state index in [1.807, 2.05) is 19.1 Å². The molecule has 1 unspecified atom stereocenters. The second-order valence-corrected chi connectivity index (χ2v) is 8.05. The van der Waals surface area contributed by atoms with Gasteiger partial charge in [0.1, 0.15) is 0 Å². The van der Waals surface area contributed by atoms with Crippen LogP contribution in [0.25, 0.3) is 0 Å². The van der Waals surface area contributed by atoms with Crippen LogP contribution in [0.2, 0.25) is 0 Å². The lowest BCUT2D eigenvalue weighted by atomic mass is 9.98. The molecule has 130 valence electrons. The number of ether oxygens (including phenoxy) is 1. The highest BCUT2D eigenvalue weighted by atomic mass is 32.1. The van der Waals surface area contributed by atoms with Crippen molar-refractivity contribution in [1.29, 1.82) is 0 Å². The molecule has 1 atom stereocenters. The van der Waals surface area contributed by atoms with Crippen LogP contribution in [0.1, 0.15) is 66.4 Å². The molecule has 0 bridgehead atoms. The molecule has 1 fully saturated rings. The lowest BCUT2D eigenvalue weighted by Gasteiger charge is -2.21. The first-order valence-electron chi connectivity index (χ1n) is 8.63. The lowest BCUT2D eigenvalue weighted by Crippen LogP contribution is -2.40. The average Bonchev–Trinajstić information content (AvgIpc) is 3.03. The van der Waals surface area contributed by atoms with E-state index in [2.05, 4.69) is 0 Å². The monoisotopic (exact) mass is 339 g/mol. The maximum absolute atomic E-state index is 12.2. The highest BCUT2D eigenvalue weighted by molar-refractivity contribution is 7.14. The van der Waals surface area contributed by atoms with Gasteiger partial charge in [0, 0.05) is 16.8 Å². The summed E-state index contributed by atoms with van der Waals surface area (Å²) < 4.78 is 5.83. The van der Waals surface area contributed by atoms with Crippen molar-refractivity contribution in [3.63, 3.8) is 0 Å². The van der Waals surface area contributed by atoms with Crippen LogP contribution in [-0.2, 0) is 11.2 Å². The number of aliphatic hydroxyl groups excluding tert-OH is 1. The molecule has 1 aliphatic rings. The molecule has 1 saturated carbocycles. The Bertz CT molecular complexity index is 492. The molecule has 0 aliphatic heterocycles. The van der Waals surface area contributed by atoms with Crippen molar-refractivity contribution >= 4 is 17.1 Å². The van der Waals surface area contributed by atoms with E-state index in [4.69, 9.17) is 10.5 Å². The van der Waals surface area contributed by atoms with E-state index >= 15 is 0 Å². The van der Waals surface area contributed by atoms with Crippen LogP contribution < -0.4 is 5.73 Å². The number of thiophene rings is 1. The second kappa shape index (κ2) is 8.92. The first-order valence-corrected chi connectivity index (χ1v) is 9.45.